The number of rotatable bonds is 5. The van der Waals surface area contributed by atoms with Crippen molar-refractivity contribution < 1.29 is 19.0 Å². The van der Waals surface area contributed by atoms with Crippen LogP contribution in [0.1, 0.15) is 20.3 Å². The molecule has 0 spiro atoms. The molecule has 0 bridgehead atoms. The Morgan fingerprint density at radius 1 is 1.43 bits per heavy atom. The second-order valence-corrected chi connectivity index (χ2v) is 5.98. The van der Waals surface area contributed by atoms with E-state index in [9.17, 15) is 14.2 Å². The van der Waals surface area contributed by atoms with Gasteiger partial charge in [0.1, 0.15) is 0 Å². The Kier molecular flexibility index (Phi) is 5.02. The summed E-state index contributed by atoms with van der Waals surface area (Å²) in [6, 6.07) is -0.645. The third kappa shape index (κ3) is 6.80. The minimum Gasteiger partial charge on any atom is -0.347 e. The molecule has 2 N–H and O–H groups in total. The number of ketones is 1. The van der Waals surface area contributed by atoms with Crippen LogP contribution in [-0.2, 0) is 14.2 Å². The highest BCUT2D eigenvalue weighted by molar-refractivity contribution is 7.57. The van der Waals surface area contributed by atoms with Crippen molar-refractivity contribution >= 4 is 19.1 Å². The van der Waals surface area contributed by atoms with Crippen LogP contribution in [0.3, 0.4) is 0 Å². The van der Waals surface area contributed by atoms with Crippen molar-refractivity contribution in [3.63, 3.8) is 0 Å². The third-order valence-electron chi connectivity index (χ3n) is 1.70. The fraction of sp³-hybridized carbons (Fsp3) is 0.750. The first-order valence-corrected chi connectivity index (χ1v) is 6.58. The van der Waals surface area contributed by atoms with Crippen molar-refractivity contribution in [1.29, 1.82) is 0 Å². The fourth-order valence-electron chi connectivity index (χ4n) is 0.991. The minimum atomic E-state index is -3.11. The van der Waals surface area contributed by atoms with Crippen LogP contribution in [-0.4, -0.2) is 35.5 Å². The monoisotopic (exact) mass is 221 g/mol. The van der Waals surface area contributed by atoms with Gasteiger partial charge < -0.3 is 10.2 Å². The van der Waals surface area contributed by atoms with Gasteiger partial charge in [0.25, 0.3) is 0 Å². The number of amides is 1. The Hall–Kier alpha value is -0.670. The number of carbonyl (C=O) groups excluding carboxylic acids is 2. The first kappa shape index (κ1) is 13.3. The van der Waals surface area contributed by atoms with Gasteiger partial charge >= 0.3 is 0 Å². The quantitative estimate of drug-likeness (QED) is 0.657. The Morgan fingerprint density at radius 2 is 1.93 bits per heavy atom. The van der Waals surface area contributed by atoms with E-state index in [0.29, 0.717) is 0 Å². The Bertz CT molecular complexity index is 271. The molecule has 6 heteroatoms. The van der Waals surface area contributed by atoms with Gasteiger partial charge in [-0.15, -0.1) is 0 Å². The molecule has 0 saturated carbocycles. The van der Waals surface area contributed by atoms with E-state index >= 15 is 0 Å². The lowest BCUT2D eigenvalue weighted by atomic mass is 10.1. The van der Waals surface area contributed by atoms with E-state index in [1.54, 1.807) is 0 Å². The lowest BCUT2D eigenvalue weighted by Crippen LogP contribution is -2.39. The summed E-state index contributed by atoms with van der Waals surface area (Å²) >= 11 is 0. The van der Waals surface area contributed by atoms with E-state index in [0.717, 1.165) is 0 Å². The van der Waals surface area contributed by atoms with Crippen molar-refractivity contribution in [3.8, 4) is 0 Å². The van der Waals surface area contributed by atoms with Crippen molar-refractivity contribution in [3.05, 3.63) is 0 Å². The van der Waals surface area contributed by atoms with Crippen LogP contribution >= 0.6 is 7.37 Å². The van der Waals surface area contributed by atoms with Gasteiger partial charge in [0.2, 0.25) is 5.91 Å². The number of hydrogen-bond acceptors (Lipinski definition) is 3. The van der Waals surface area contributed by atoms with Crippen LogP contribution in [0.4, 0.5) is 0 Å². The lowest BCUT2D eigenvalue weighted by molar-refractivity contribution is -0.125. The van der Waals surface area contributed by atoms with E-state index in [-0.39, 0.29) is 24.3 Å². The highest BCUT2D eigenvalue weighted by Crippen LogP contribution is 2.35. The molecule has 0 aromatic heterocycles. The van der Waals surface area contributed by atoms with E-state index in [1.807, 2.05) is 0 Å². The lowest BCUT2D eigenvalue weighted by Gasteiger charge is -2.15. The molecule has 82 valence electrons. The highest BCUT2D eigenvalue weighted by Gasteiger charge is 2.19. The van der Waals surface area contributed by atoms with Gasteiger partial charge in [-0.25, -0.2) is 0 Å². The Labute approximate surface area is 83.3 Å². The van der Waals surface area contributed by atoms with Crippen LogP contribution in [0.15, 0.2) is 0 Å². The largest absolute Gasteiger partial charge is 0.347 e. The molecule has 0 fully saturated rings. The average molecular weight is 221 g/mol. The number of hydrogen-bond donors (Lipinski definition) is 2. The molecule has 0 radical (unpaired) electrons. The molecule has 0 rings (SSSR count). The zero-order valence-electron chi connectivity index (χ0n) is 8.61. The highest BCUT2D eigenvalue weighted by atomic mass is 31.2. The normalized spacial score (nSPS) is 16.9. The molecule has 0 aliphatic carbocycles. The zero-order chi connectivity index (χ0) is 11.4. The van der Waals surface area contributed by atoms with Gasteiger partial charge in [-0.2, -0.15) is 0 Å². The molecule has 2 unspecified atom stereocenters. The van der Waals surface area contributed by atoms with Crippen LogP contribution in [0.2, 0.25) is 0 Å². The van der Waals surface area contributed by atoms with Crippen LogP contribution in [0.25, 0.3) is 0 Å². The zero-order valence-corrected chi connectivity index (χ0v) is 9.51. The van der Waals surface area contributed by atoms with Gasteiger partial charge in [-0.1, -0.05) is 0 Å². The summed E-state index contributed by atoms with van der Waals surface area (Å²) in [5.41, 5.74) is 0. The molecule has 5 nitrogen and oxygen atoms in total. The molecule has 0 heterocycles. The molecule has 0 aliphatic heterocycles. The number of Topliss-reactive ketones (excluding diaryl/α,β-unsaturated/α-hetero) is 1. The fourth-order valence-corrected chi connectivity index (χ4v) is 1.73. The van der Waals surface area contributed by atoms with Crippen LogP contribution < -0.4 is 5.32 Å². The first-order chi connectivity index (χ1) is 6.22. The van der Waals surface area contributed by atoms with Crippen molar-refractivity contribution in [2.24, 2.45) is 0 Å². The van der Waals surface area contributed by atoms with Crippen molar-refractivity contribution in [2.75, 3.05) is 12.8 Å². The molecule has 0 aromatic rings. The van der Waals surface area contributed by atoms with E-state index < -0.39 is 13.4 Å². The van der Waals surface area contributed by atoms with E-state index in [4.69, 9.17) is 4.89 Å². The summed E-state index contributed by atoms with van der Waals surface area (Å²) < 4.78 is 11.0. The summed E-state index contributed by atoms with van der Waals surface area (Å²) in [4.78, 5) is 30.7. The maximum absolute atomic E-state index is 11.0. The summed E-state index contributed by atoms with van der Waals surface area (Å²) in [6.07, 6.45) is 0.247. The van der Waals surface area contributed by atoms with Gasteiger partial charge in [0, 0.05) is 19.8 Å². The molecule has 0 saturated heterocycles. The molecular formula is C8H16NO4P. The van der Waals surface area contributed by atoms with E-state index in [1.165, 1.54) is 20.5 Å². The Balaban J connectivity index is 4.18. The molecule has 0 aromatic carbocycles. The van der Waals surface area contributed by atoms with Crippen LogP contribution in [0.5, 0.6) is 0 Å². The second-order valence-electron chi connectivity index (χ2n) is 3.43. The predicted octanol–water partition coefficient (Wildman–Crippen LogP) is 0.370. The van der Waals surface area contributed by atoms with Crippen molar-refractivity contribution in [1.82, 2.24) is 5.32 Å². The molecule has 14 heavy (non-hydrogen) atoms. The maximum atomic E-state index is 11.0. The summed E-state index contributed by atoms with van der Waals surface area (Å²) in [5.74, 6) is -0.511. The second kappa shape index (κ2) is 5.27. The van der Waals surface area contributed by atoms with Gasteiger partial charge in [-0.05, 0) is 13.3 Å². The number of nitrogens with one attached hydrogen (secondary N) is 1. The topological polar surface area (TPSA) is 83.5 Å². The molecular weight excluding hydrogens is 205 g/mol. The predicted molar refractivity (Wildman–Crippen MR) is 53.5 cm³/mol. The molecule has 0 aliphatic rings. The molecule has 1 amide bonds. The van der Waals surface area contributed by atoms with Gasteiger partial charge in [0.05, 0.1) is 6.04 Å². The maximum Gasteiger partial charge on any atom is 0.217 e. The van der Waals surface area contributed by atoms with Crippen molar-refractivity contribution in [2.45, 2.75) is 26.3 Å². The summed E-state index contributed by atoms with van der Waals surface area (Å²) in [5, 5.41) is 2.43. The third-order valence-corrected chi connectivity index (χ3v) is 2.79. The average Bonchev–Trinajstić information content (AvgIpc) is 1.94. The number of carbonyl (C=O) groups is 2. The first-order valence-electron chi connectivity index (χ1n) is 4.29. The van der Waals surface area contributed by atoms with Gasteiger partial charge in [-0.3, -0.25) is 14.2 Å². The SMILES string of the molecule is CC(=O)NC(CCP(C)(=O)O)C(C)=O. The van der Waals surface area contributed by atoms with Crippen LogP contribution in [0, 0.1) is 0 Å². The minimum absolute atomic E-state index is 0.0392. The van der Waals surface area contributed by atoms with Gasteiger partial charge in [0.15, 0.2) is 13.2 Å². The van der Waals surface area contributed by atoms with E-state index in [2.05, 4.69) is 5.32 Å². The summed E-state index contributed by atoms with van der Waals surface area (Å²) in [7, 11) is -3.11. The summed E-state index contributed by atoms with van der Waals surface area (Å²) in [6.45, 7) is 3.89. The Morgan fingerprint density at radius 3 is 2.21 bits per heavy atom. The smallest absolute Gasteiger partial charge is 0.217 e. The standard InChI is InChI=1S/C8H16NO4P/c1-6(10)8(9-7(2)11)4-5-14(3,12)13/h8H,4-5H2,1-3H3,(H,9,11)(H,12,13). The molecule has 2 atom stereocenters.